The van der Waals surface area contributed by atoms with Crippen molar-refractivity contribution >= 4 is 22.6 Å². The third-order valence-corrected chi connectivity index (χ3v) is 3.67. The number of rotatable bonds is 2. The van der Waals surface area contributed by atoms with Gasteiger partial charge in [-0.05, 0) is 11.6 Å². The molecule has 1 aliphatic rings. The molecule has 3 N–H and O–H groups in total. The highest BCUT2D eigenvalue weighted by Gasteiger charge is 2.35. The molecule has 7 heteroatoms. The van der Waals surface area contributed by atoms with E-state index in [1.54, 1.807) is 22.9 Å². The topological polar surface area (TPSA) is 91.4 Å². The summed E-state index contributed by atoms with van der Waals surface area (Å²) < 4.78 is 1.71. The summed E-state index contributed by atoms with van der Waals surface area (Å²) in [5.41, 5.74) is 1.66. The van der Waals surface area contributed by atoms with Crippen LogP contribution in [-0.2, 0) is 0 Å². The molecule has 0 fully saturated rings. The Hall–Kier alpha value is -1.47. The van der Waals surface area contributed by atoms with Gasteiger partial charge in [0.05, 0.1) is 24.5 Å². The van der Waals surface area contributed by atoms with Gasteiger partial charge in [-0.3, -0.25) is 0 Å². The second-order valence-electron chi connectivity index (χ2n) is 4.45. The highest BCUT2D eigenvalue weighted by molar-refractivity contribution is 6.33. The minimum absolute atomic E-state index is 0.288. The monoisotopic (exact) mass is 281 g/mol. The van der Waals surface area contributed by atoms with Crippen LogP contribution in [0.3, 0.4) is 0 Å². The van der Waals surface area contributed by atoms with Crippen molar-refractivity contribution in [2.75, 3.05) is 6.61 Å². The molecular formula is C12H12ClN3O3. The van der Waals surface area contributed by atoms with Gasteiger partial charge in [0.25, 0.3) is 0 Å². The van der Waals surface area contributed by atoms with Crippen LogP contribution in [0.2, 0.25) is 5.15 Å². The Bertz CT molecular complexity index is 655. The van der Waals surface area contributed by atoms with Crippen molar-refractivity contribution in [2.45, 2.75) is 18.2 Å². The van der Waals surface area contributed by atoms with E-state index in [0.717, 1.165) is 0 Å². The third-order valence-electron chi connectivity index (χ3n) is 3.39. The van der Waals surface area contributed by atoms with Crippen molar-refractivity contribution < 1.29 is 15.3 Å². The van der Waals surface area contributed by atoms with Crippen LogP contribution in [0.15, 0.2) is 30.2 Å². The molecule has 100 valence electrons. The summed E-state index contributed by atoms with van der Waals surface area (Å²) in [7, 11) is 0. The van der Waals surface area contributed by atoms with E-state index in [4.69, 9.17) is 16.7 Å². The summed E-state index contributed by atoms with van der Waals surface area (Å²) in [4.78, 5) is 8.09. The number of aromatic nitrogens is 3. The second-order valence-corrected chi connectivity index (χ2v) is 4.81. The smallest absolute Gasteiger partial charge is 0.156 e. The van der Waals surface area contributed by atoms with Gasteiger partial charge in [-0.1, -0.05) is 17.7 Å². The molecule has 6 nitrogen and oxygen atoms in total. The van der Waals surface area contributed by atoms with Crippen molar-refractivity contribution in [1.82, 2.24) is 14.5 Å². The Morgan fingerprint density at radius 2 is 2.11 bits per heavy atom. The SMILES string of the molecule is OCC1=C[C@@H](n2cnc3c(Cl)nccc32)C(O)[C@H]1O. The van der Waals surface area contributed by atoms with Gasteiger partial charge < -0.3 is 19.9 Å². The van der Waals surface area contributed by atoms with Crippen LogP contribution in [0, 0.1) is 0 Å². The fourth-order valence-electron chi connectivity index (χ4n) is 2.38. The van der Waals surface area contributed by atoms with E-state index in [9.17, 15) is 10.2 Å². The van der Waals surface area contributed by atoms with E-state index in [1.807, 2.05) is 0 Å². The molecule has 1 aliphatic carbocycles. The largest absolute Gasteiger partial charge is 0.392 e. The number of fused-ring (bicyclic) bond motifs is 1. The number of aliphatic hydroxyl groups is 3. The molecule has 2 heterocycles. The number of hydrogen-bond acceptors (Lipinski definition) is 5. The van der Waals surface area contributed by atoms with Crippen molar-refractivity contribution in [3.63, 3.8) is 0 Å². The standard InChI is InChI=1S/C12H12ClN3O3/c13-12-9-7(1-2-14-12)16(5-15-9)8-3-6(4-17)10(18)11(8)19/h1-3,5,8,10-11,17-19H,4H2/t8-,10+,11?/m1/s1. The van der Waals surface area contributed by atoms with Crippen LogP contribution in [0.4, 0.5) is 0 Å². The molecule has 0 radical (unpaired) electrons. The maximum Gasteiger partial charge on any atom is 0.156 e. The first-order valence-corrected chi connectivity index (χ1v) is 6.16. The zero-order valence-electron chi connectivity index (χ0n) is 9.81. The number of halogens is 1. The molecule has 19 heavy (non-hydrogen) atoms. The van der Waals surface area contributed by atoms with Gasteiger partial charge in [0.1, 0.15) is 17.7 Å². The Balaban J connectivity index is 2.11. The molecule has 0 amide bonds. The van der Waals surface area contributed by atoms with Gasteiger partial charge >= 0.3 is 0 Å². The zero-order chi connectivity index (χ0) is 13.6. The van der Waals surface area contributed by atoms with Gasteiger partial charge in [0.15, 0.2) is 5.15 Å². The van der Waals surface area contributed by atoms with E-state index >= 15 is 0 Å². The number of nitrogens with zero attached hydrogens (tertiary/aromatic N) is 3. The maximum atomic E-state index is 10.0. The lowest BCUT2D eigenvalue weighted by atomic mass is 10.1. The van der Waals surface area contributed by atoms with Crippen molar-refractivity contribution in [3.8, 4) is 0 Å². The maximum absolute atomic E-state index is 10.0. The van der Waals surface area contributed by atoms with Crippen molar-refractivity contribution in [1.29, 1.82) is 0 Å². The molecular weight excluding hydrogens is 270 g/mol. The molecule has 0 aromatic carbocycles. The molecule has 3 atom stereocenters. The lowest BCUT2D eigenvalue weighted by Gasteiger charge is -2.19. The first-order chi connectivity index (χ1) is 9.13. The summed E-state index contributed by atoms with van der Waals surface area (Å²) in [5.74, 6) is 0. The van der Waals surface area contributed by atoms with Crippen LogP contribution >= 0.6 is 11.6 Å². The minimum atomic E-state index is -1.07. The van der Waals surface area contributed by atoms with E-state index in [0.29, 0.717) is 16.6 Å². The Kier molecular flexibility index (Phi) is 3.02. The predicted octanol–water partition coefficient (Wildman–Crippen LogP) is 0.280. The molecule has 2 aromatic heterocycles. The molecule has 1 unspecified atom stereocenters. The minimum Gasteiger partial charge on any atom is -0.392 e. The Morgan fingerprint density at radius 1 is 1.32 bits per heavy atom. The highest BCUT2D eigenvalue weighted by Crippen LogP contribution is 2.32. The average molecular weight is 282 g/mol. The molecule has 0 spiro atoms. The highest BCUT2D eigenvalue weighted by atomic mass is 35.5. The summed E-state index contributed by atoms with van der Waals surface area (Å²) in [6.07, 6.45) is 2.65. The van der Waals surface area contributed by atoms with Crippen LogP contribution in [-0.4, -0.2) is 48.7 Å². The summed E-state index contributed by atoms with van der Waals surface area (Å²) >= 11 is 5.94. The lowest BCUT2D eigenvalue weighted by Crippen LogP contribution is -2.29. The molecule has 2 aromatic rings. The van der Waals surface area contributed by atoms with E-state index in [-0.39, 0.29) is 11.8 Å². The quantitative estimate of drug-likeness (QED) is 0.543. The van der Waals surface area contributed by atoms with E-state index < -0.39 is 18.2 Å². The molecule has 0 saturated carbocycles. The second kappa shape index (κ2) is 4.57. The summed E-state index contributed by atoms with van der Waals surface area (Å²) in [6.45, 7) is -0.288. The van der Waals surface area contributed by atoms with E-state index in [1.165, 1.54) is 6.33 Å². The average Bonchev–Trinajstić information content (AvgIpc) is 2.94. The van der Waals surface area contributed by atoms with Gasteiger partial charge in [0.2, 0.25) is 0 Å². The van der Waals surface area contributed by atoms with Crippen LogP contribution < -0.4 is 0 Å². The Morgan fingerprint density at radius 3 is 2.79 bits per heavy atom. The van der Waals surface area contributed by atoms with Crippen LogP contribution in [0.25, 0.3) is 11.0 Å². The number of aliphatic hydroxyl groups excluding tert-OH is 3. The first-order valence-electron chi connectivity index (χ1n) is 5.78. The van der Waals surface area contributed by atoms with Crippen molar-refractivity contribution in [2.24, 2.45) is 0 Å². The van der Waals surface area contributed by atoms with Gasteiger partial charge in [-0.15, -0.1) is 0 Å². The van der Waals surface area contributed by atoms with Gasteiger partial charge in [-0.2, -0.15) is 0 Å². The van der Waals surface area contributed by atoms with Gasteiger partial charge in [0, 0.05) is 6.20 Å². The normalized spacial score (nSPS) is 26.9. The third kappa shape index (κ3) is 1.84. The molecule has 0 bridgehead atoms. The van der Waals surface area contributed by atoms with Crippen LogP contribution in [0.1, 0.15) is 6.04 Å². The fourth-order valence-corrected chi connectivity index (χ4v) is 2.58. The van der Waals surface area contributed by atoms with Gasteiger partial charge in [-0.25, -0.2) is 9.97 Å². The number of hydrogen-bond donors (Lipinski definition) is 3. The fraction of sp³-hybridized carbons (Fsp3) is 0.333. The summed E-state index contributed by atoms with van der Waals surface area (Å²) in [6, 6.07) is 1.25. The molecule has 3 rings (SSSR count). The first kappa shape index (κ1) is 12.6. The number of imidazole rings is 1. The lowest BCUT2D eigenvalue weighted by molar-refractivity contribution is 0.0288. The van der Waals surface area contributed by atoms with E-state index in [2.05, 4.69) is 9.97 Å². The number of pyridine rings is 1. The van der Waals surface area contributed by atoms with Crippen molar-refractivity contribution in [3.05, 3.63) is 35.4 Å². The van der Waals surface area contributed by atoms with Crippen LogP contribution in [0.5, 0.6) is 0 Å². The molecule has 0 saturated heterocycles. The molecule has 0 aliphatic heterocycles. The Labute approximate surface area is 113 Å². The summed E-state index contributed by atoms with van der Waals surface area (Å²) in [5, 5.41) is 29.3. The zero-order valence-corrected chi connectivity index (χ0v) is 10.6. The predicted molar refractivity (Wildman–Crippen MR) is 68.8 cm³/mol.